The van der Waals surface area contributed by atoms with Crippen molar-refractivity contribution in [1.82, 2.24) is 0 Å². The zero-order valence-corrected chi connectivity index (χ0v) is 62.8. The molecule has 0 saturated heterocycles. The molecule has 4 N–H and O–H groups in total. The zero-order valence-electron chi connectivity index (χ0n) is 45.9. The van der Waals surface area contributed by atoms with Crippen molar-refractivity contribution in [3.8, 4) is 0 Å². The number of anilines is 4. The molecule has 0 unspecified atom stereocenters. The van der Waals surface area contributed by atoms with E-state index in [9.17, 15) is 92.2 Å². The van der Waals surface area contributed by atoms with E-state index in [1.165, 1.54) is 0 Å². The van der Waals surface area contributed by atoms with Gasteiger partial charge in [0.25, 0.3) is 0 Å². The van der Waals surface area contributed by atoms with Crippen molar-refractivity contribution in [1.29, 1.82) is 0 Å². The largest absolute Gasteiger partial charge is 1.00 e. The molecule has 8 rings (SSSR count). The number of ketones is 2. The molecular weight excluding hydrogens is 1350 g/mol. The summed E-state index contributed by atoms with van der Waals surface area (Å²) in [5, 5.41) is 27.1. The SMILES string of the molecule is O=C(Nc1ccc2c(c1)C=C(S(=O)(=O)[O-])/C(=N/Nc1ccc(N=Nc3ccc(S(=O)(=O)[O-])cc3)cc1S(=O)(=O)[O-])C2=O)Nc1ccc2c(c1)C=C(S(=O)(=O)[O-])/C(=N/Nc1ccc(N=Nc3ccc(S(=O)(=O)[O-])cc3)cc1S(=O)(=O)[O-])C2=O.[Na+].[Na+].[Na+].[Na+].[Na+].[Na+]. The molecule has 424 valence electrons. The molecule has 0 fully saturated rings. The fourth-order valence-electron chi connectivity index (χ4n) is 7.28. The van der Waals surface area contributed by atoms with Crippen LogP contribution in [0.2, 0.25) is 0 Å². The van der Waals surface area contributed by atoms with Gasteiger partial charge in [0.2, 0.25) is 11.6 Å². The van der Waals surface area contributed by atoms with Crippen molar-refractivity contribution in [2.45, 2.75) is 19.6 Å². The number of hydrogen-bond donors (Lipinski definition) is 4. The Morgan fingerprint density at radius 3 is 0.966 bits per heavy atom. The maximum atomic E-state index is 13.7. The molecule has 31 nitrogen and oxygen atoms in total. The third-order valence-corrected chi connectivity index (χ3v) is 16.1. The second kappa shape index (κ2) is 32.2. The van der Waals surface area contributed by atoms with E-state index >= 15 is 0 Å². The summed E-state index contributed by atoms with van der Waals surface area (Å²) in [6.07, 6.45) is 1.41. The summed E-state index contributed by atoms with van der Waals surface area (Å²) >= 11 is 0. The Kier molecular flexibility index (Phi) is 29.7. The third-order valence-electron chi connectivity index (χ3n) is 11.0. The van der Waals surface area contributed by atoms with E-state index in [0.29, 0.717) is 24.3 Å². The van der Waals surface area contributed by atoms with Crippen LogP contribution < -0.4 is 199 Å². The van der Waals surface area contributed by atoms with Gasteiger partial charge in [-0.1, -0.05) is 0 Å². The number of hydrogen-bond acceptors (Lipinski definition) is 29. The number of Topliss-reactive ketones (excluding diaryl/α,β-unsaturated/α-hetero) is 2. The zero-order chi connectivity index (χ0) is 59.9. The Hall–Kier alpha value is -2.99. The number of nitrogens with zero attached hydrogens (tertiary/aromatic N) is 6. The van der Waals surface area contributed by atoms with Crippen LogP contribution in [0.15, 0.2) is 181 Å². The number of amides is 2. The second-order valence-electron chi connectivity index (χ2n) is 16.5. The van der Waals surface area contributed by atoms with Crippen LogP contribution >= 0.6 is 0 Å². The quantitative estimate of drug-likeness (QED) is 0.0302. The first-order valence-electron chi connectivity index (χ1n) is 21.8. The first-order valence-corrected chi connectivity index (χ1v) is 30.2. The van der Waals surface area contributed by atoms with Crippen molar-refractivity contribution in [3.63, 3.8) is 0 Å². The fraction of sp³-hybridized carbons (Fsp3) is 0. The minimum absolute atomic E-state index is 0. The first-order chi connectivity index (χ1) is 38.1. The predicted octanol–water partition coefficient (Wildman–Crippen LogP) is -13.1. The van der Waals surface area contributed by atoms with E-state index in [1.54, 1.807) is 0 Å². The normalized spacial score (nSPS) is 14.2. The molecule has 6 aromatic carbocycles. The summed E-state index contributed by atoms with van der Waals surface area (Å²) in [5.74, 6) is -2.44. The molecule has 0 bridgehead atoms. The molecule has 0 heterocycles. The minimum atomic E-state index is -5.58. The molecule has 0 radical (unpaired) electrons. The van der Waals surface area contributed by atoms with Gasteiger partial charge in [-0.15, -0.1) is 0 Å². The van der Waals surface area contributed by atoms with E-state index in [-0.39, 0.29) is 234 Å². The van der Waals surface area contributed by atoms with E-state index < -0.39 is 130 Å². The smallest absolute Gasteiger partial charge is 0.744 e. The summed E-state index contributed by atoms with van der Waals surface area (Å²) in [6, 6.07) is 19.1. The summed E-state index contributed by atoms with van der Waals surface area (Å²) in [7, 11) is -31.5. The fourth-order valence-corrected chi connectivity index (χ4v) is 10.8. The molecule has 0 atom stereocenters. The van der Waals surface area contributed by atoms with Gasteiger partial charge in [-0.05, 0) is 145 Å². The molecule has 6 aromatic rings. The molecule has 43 heteroatoms. The molecule has 0 aromatic heterocycles. The topological polar surface area (TPSA) is 517 Å². The number of benzene rings is 6. The standard InChI is InChI=1S/C45H32N10O21S6.6Na/c56-43-33-13-5-27(17-23(33)19-39(81(71,72)73)41(43)54-52-35-15-7-29(21-37(35)79(65,66)67)50-48-25-1-9-31(10-2-25)77(59,60)61)46-45(58)47-28-6-14-34-24(18-28)20-40(82(74,75)76)42(44(34)57)55-53-36-16-8-30(22-38(36)80(68,69)70)51-49-26-3-11-32(12-4-26)78(62,63)64;;;;;;/h1-22,52-53H,(H2,46,47,58)(H,59,60,61)(H,62,63,64)(H,65,66,67)(H,68,69,70)(H,71,72,73)(H,74,75,76);;;;;;/q;6*+1/p-6/b50-48?,51-49?,54-41-,55-42-;;;;;;. The number of rotatable bonds is 16. The monoisotopic (exact) mass is 1370 g/mol. The number of allylic oxidation sites excluding steroid dienone is 2. The molecule has 2 amide bonds. The Balaban J connectivity index is 0.00000440. The molecule has 0 saturated carbocycles. The number of carbonyl (C=O) groups excluding carboxylic acids is 3. The maximum absolute atomic E-state index is 13.7. The van der Waals surface area contributed by atoms with E-state index in [1.807, 2.05) is 0 Å². The van der Waals surface area contributed by atoms with Gasteiger partial charge in [0.05, 0.1) is 63.5 Å². The van der Waals surface area contributed by atoms with Gasteiger partial charge in [0, 0.05) is 22.5 Å². The van der Waals surface area contributed by atoms with Crippen LogP contribution in [0.3, 0.4) is 0 Å². The van der Waals surface area contributed by atoms with E-state index in [0.717, 1.165) is 109 Å². The minimum Gasteiger partial charge on any atom is -0.744 e. The van der Waals surface area contributed by atoms with Crippen LogP contribution in [0.5, 0.6) is 0 Å². The predicted molar refractivity (Wildman–Crippen MR) is 278 cm³/mol. The van der Waals surface area contributed by atoms with Gasteiger partial charge >= 0.3 is 183 Å². The Morgan fingerprint density at radius 2 is 0.670 bits per heavy atom. The van der Waals surface area contributed by atoms with Gasteiger partial charge in [0.15, 0.2) is 0 Å². The van der Waals surface area contributed by atoms with Gasteiger partial charge in [-0.3, -0.25) is 20.4 Å². The van der Waals surface area contributed by atoms with Crippen LogP contribution in [-0.2, 0) is 60.7 Å². The average Bonchev–Trinajstić information content (AvgIpc) is 3.51. The summed E-state index contributed by atoms with van der Waals surface area (Å²) in [6.45, 7) is 0. The summed E-state index contributed by atoms with van der Waals surface area (Å²) < 4.78 is 216. The number of carbonyl (C=O) groups is 3. The van der Waals surface area contributed by atoms with Crippen molar-refractivity contribution in [2.75, 3.05) is 21.5 Å². The average molecular weight is 1370 g/mol. The van der Waals surface area contributed by atoms with Crippen LogP contribution in [0.1, 0.15) is 31.8 Å². The number of nitrogens with one attached hydrogen (secondary N) is 4. The second-order valence-corrected chi connectivity index (χ2v) is 24.6. The summed E-state index contributed by atoms with van der Waals surface area (Å²) in [5.41, 5.74) is -1.15. The van der Waals surface area contributed by atoms with Crippen molar-refractivity contribution < 1.29 is 270 Å². The van der Waals surface area contributed by atoms with Crippen LogP contribution in [0.25, 0.3) is 12.2 Å². The Bertz CT molecular complexity index is 4400. The Labute approximate surface area is 632 Å². The number of urea groups is 1. The maximum Gasteiger partial charge on any atom is 1.00 e. The van der Waals surface area contributed by atoms with Crippen molar-refractivity contribution in [2.24, 2.45) is 30.7 Å². The number of hydrazone groups is 2. The van der Waals surface area contributed by atoms with Crippen molar-refractivity contribution in [3.05, 3.63) is 153 Å². The number of fused-ring (bicyclic) bond motifs is 2. The van der Waals surface area contributed by atoms with Gasteiger partial charge < -0.3 is 38.0 Å². The van der Waals surface area contributed by atoms with Crippen LogP contribution in [0, 0.1) is 0 Å². The molecule has 2 aliphatic carbocycles. The molecule has 0 spiro atoms. The molecule has 2 aliphatic rings. The molecular formula is C45H26N10Na6O21S6. The molecule has 88 heavy (non-hydrogen) atoms. The van der Waals surface area contributed by atoms with Crippen LogP contribution in [-0.4, -0.2) is 107 Å². The molecule has 0 aliphatic heterocycles. The first kappa shape index (κ1) is 81.1. The van der Waals surface area contributed by atoms with E-state index in [2.05, 4.69) is 52.1 Å². The Morgan fingerprint density at radius 1 is 0.364 bits per heavy atom. The number of azo groups is 2. The van der Waals surface area contributed by atoms with Crippen LogP contribution in [0.4, 0.5) is 50.3 Å². The van der Waals surface area contributed by atoms with Crippen molar-refractivity contribution >= 4 is 147 Å². The third kappa shape index (κ3) is 20.5. The van der Waals surface area contributed by atoms with Gasteiger partial charge in [-0.25, -0.2) is 55.3 Å². The van der Waals surface area contributed by atoms with Gasteiger partial charge in [0.1, 0.15) is 72.1 Å². The van der Waals surface area contributed by atoms with E-state index in [4.69, 9.17) is 0 Å². The summed E-state index contributed by atoms with van der Waals surface area (Å²) in [4.78, 5) is 34.8. The van der Waals surface area contributed by atoms with Gasteiger partial charge in [-0.2, -0.15) is 30.7 Å².